The van der Waals surface area contributed by atoms with Crippen LogP contribution in [0.5, 0.6) is 0 Å². The smallest absolute Gasteiger partial charge is 0.292 e. The summed E-state index contributed by atoms with van der Waals surface area (Å²) < 4.78 is 11.1. The standard InChI is InChI=1S/C25H25N5O7/c31-25(24-7-6-23(37-24)18-2-1-3-20(16-18)29(32)33)28-10-8-26(9-11-28)19-4-5-21(30(34)35)22(17-19)27-12-14-36-15-13-27/h1-7,16-17H,8-15H2. The van der Waals surface area contributed by atoms with E-state index >= 15 is 0 Å². The molecule has 3 heterocycles. The Bertz CT molecular complexity index is 1330. The maximum Gasteiger partial charge on any atom is 0.292 e. The molecule has 37 heavy (non-hydrogen) atoms. The third-order valence-electron chi connectivity index (χ3n) is 6.60. The lowest BCUT2D eigenvalue weighted by Gasteiger charge is -2.36. The Kier molecular flexibility index (Phi) is 6.73. The molecule has 12 nitrogen and oxygen atoms in total. The van der Waals surface area contributed by atoms with Gasteiger partial charge in [-0.15, -0.1) is 0 Å². The zero-order valence-electron chi connectivity index (χ0n) is 19.9. The van der Waals surface area contributed by atoms with Crippen LogP contribution in [0.15, 0.2) is 59.0 Å². The minimum Gasteiger partial charge on any atom is -0.451 e. The van der Waals surface area contributed by atoms with Crippen LogP contribution in [0.2, 0.25) is 0 Å². The molecule has 2 aromatic carbocycles. The number of morpholine rings is 1. The number of hydrogen-bond acceptors (Lipinski definition) is 9. The lowest BCUT2D eigenvalue weighted by molar-refractivity contribution is -0.384. The van der Waals surface area contributed by atoms with Gasteiger partial charge < -0.3 is 23.9 Å². The van der Waals surface area contributed by atoms with E-state index in [1.165, 1.54) is 18.2 Å². The van der Waals surface area contributed by atoms with Crippen LogP contribution < -0.4 is 9.80 Å². The molecule has 12 heteroatoms. The van der Waals surface area contributed by atoms with Crippen LogP contribution in [0.3, 0.4) is 0 Å². The molecule has 192 valence electrons. The van der Waals surface area contributed by atoms with Gasteiger partial charge in [-0.2, -0.15) is 0 Å². The first kappa shape index (κ1) is 24.3. The number of carbonyl (C=O) groups excluding carboxylic acids is 1. The largest absolute Gasteiger partial charge is 0.451 e. The van der Waals surface area contributed by atoms with E-state index in [0.717, 1.165) is 5.69 Å². The number of carbonyl (C=O) groups is 1. The molecule has 0 atom stereocenters. The van der Waals surface area contributed by atoms with Crippen LogP contribution in [-0.2, 0) is 4.74 Å². The first-order chi connectivity index (χ1) is 17.9. The Morgan fingerprint density at radius 2 is 1.57 bits per heavy atom. The van der Waals surface area contributed by atoms with E-state index in [1.54, 1.807) is 35.2 Å². The molecule has 0 unspecified atom stereocenters. The summed E-state index contributed by atoms with van der Waals surface area (Å²) in [6, 6.07) is 14.4. The van der Waals surface area contributed by atoms with Crippen molar-refractivity contribution in [3.8, 4) is 11.3 Å². The van der Waals surface area contributed by atoms with Gasteiger partial charge in [-0.3, -0.25) is 25.0 Å². The number of non-ortho nitro benzene ring substituents is 1. The van der Waals surface area contributed by atoms with Crippen molar-refractivity contribution in [1.82, 2.24) is 4.90 Å². The van der Waals surface area contributed by atoms with E-state index in [4.69, 9.17) is 9.15 Å². The highest BCUT2D eigenvalue weighted by atomic mass is 16.6. The number of nitro groups is 2. The monoisotopic (exact) mass is 507 g/mol. The van der Waals surface area contributed by atoms with E-state index in [2.05, 4.69) is 4.90 Å². The van der Waals surface area contributed by atoms with Gasteiger partial charge in [-0.05, 0) is 24.3 Å². The molecule has 5 rings (SSSR count). The maximum absolute atomic E-state index is 13.1. The average Bonchev–Trinajstić information content (AvgIpc) is 3.43. The van der Waals surface area contributed by atoms with Gasteiger partial charge >= 0.3 is 0 Å². The van der Waals surface area contributed by atoms with Crippen LogP contribution in [0.1, 0.15) is 10.6 Å². The van der Waals surface area contributed by atoms with Crippen molar-refractivity contribution in [3.05, 3.63) is 80.6 Å². The minimum absolute atomic E-state index is 0.0547. The van der Waals surface area contributed by atoms with Crippen molar-refractivity contribution in [1.29, 1.82) is 0 Å². The summed E-state index contributed by atoms with van der Waals surface area (Å²) in [7, 11) is 0. The average molecular weight is 508 g/mol. The fourth-order valence-corrected chi connectivity index (χ4v) is 4.62. The quantitative estimate of drug-likeness (QED) is 0.362. The molecule has 0 spiro atoms. The van der Waals surface area contributed by atoms with Crippen molar-refractivity contribution >= 4 is 28.7 Å². The summed E-state index contributed by atoms with van der Waals surface area (Å²) >= 11 is 0. The van der Waals surface area contributed by atoms with Crippen molar-refractivity contribution in [2.45, 2.75) is 0 Å². The van der Waals surface area contributed by atoms with Gasteiger partial charge in [0, 0.05) is 68.7 Å². The molecule has 3 aromatic rings. The molecule has 2 aliphatic heterocycles. The molecular formula is C25H25N5O7. The first-order valence-corrected chi connectivity index (χ1v) is 11.9. The van der Waals surface area contributed by atoms with Gasteiger partial charge in [0.05, 0.1) is 23.1 Å². The fourth-order valence-electron chi connectivity index (χ4n) is 4.62. The molecule has 0 aliphatic carbocycles. The summed E-state index contributed by atoms with van der Waals surface area (Å²) in [5.41, 5.74) is 1.98. The highest BCUT2D eigenvalue weighted by Gasteiger charge is 2.27. The first-order valence-electron chi connectivity index (χ1n) is 11.9. The number of anilines is 2. The molecule has 0 bridgehead atoms. The Hall–Kier alpha value is -4.45. The molecule has 2 aliphatic rings. The van der Waals surface area contributed by atoms with Crippen LogP contribution in [0, 0.1) is 20.2 Å². The normalized spacial score (nSPS) is 16.1. The molecule has 0 radical (unpaired) electrons. The van der Waals surface area contributed by atoms with Crippen molar-refractivity contribution < 1.29 is 23.8 Å². The lowest BCUT2D eigenvalue weighted by atomic mass is 10.1. The van der Waals surface area contributed by atoms with E-state index in [0.29, 0.717) is 69.5 Å². The third kappa shape index (κ3) is 5.09. The van der Waals surface area contributed by atoms with Gasteiger partial charge in [0.2, 0.25) is 0 Å². The Morgan fingerprint density at radius 1 is 0.811 bits per heavy atom. The topological polar surface area (TPSA) is 135 Å². The molecule has 1 amide bonds. The van der Waals surface area contributed by atoms with Crippen molar-refractivity contribution in [2.24, 2.45) is 0 Å². The Labute approximate surface area is 211 Å². The third-order valence-corrected chi connectivity index (χ3v) is 6.60. The molecule has 1 aromatic heterocycles. The predicted molar refractivity (Wildman–Crippen MR) is 135 cm³/mol. The minimum atomic E-state index is -0.479. The van der Waals surface area contributed by atoms with Gasteiger partial charge in [-0.25, -0.2) is 0 Å². The zero-order valence-corrected chi connectivity index (χ0v) is 19.9. The van der Waals surface area contributed by atoms with E-state index in [1.807, 2.05) is 11.0 Å². The maximum atomic E-state index is 13.1. The number of nitro benzene ring substituents is 2. The number of hydrogen-bond donors (Lipinski definition) is 0. The number of nitrogens with zero attached hydrogens (tertiary/aromatic N) is 5. The number of furan rings is 1. The summed E-state index contributed by atoms with van der Waals surface area (Å²) in [5, 5.41) is 22.6. The van der Waals surface area contributed by atoms with Crippen LogP contribution in [0.25, 0.3) is 11.3 Å². The molecule has 2 fully saturated rings. The molecule has 0 saturated carbocycles. The second kappa shape index (κ2) is 10.3. The van der Waals surface area contributed by atoms with E-state index in [-0.39, 0.29) is 28.0 Å². The van der Waals surface area contributed by atoms with Crippen LogP contribution >= 0.6 is 0 Å². The fraction of sp³-hybridized carbons (Fsp3) is 0.320. The SMILES string of the molecule is O=C(c1ccc(-c2cccc([N+](=O)[O-])c2)o1)N1CCN(c2ccc([N+](=O)[O-])c(N3CCOCC3)c2)CC1. The lowest BCUT2D eigenvalue weighted by Crippen LogP contribution is -2.48. The highest BCUT2D eigenvalue weighted by Crippen LogP contribution is 2.34. The summed E-state index contributed by atoms with van der Waals surface area (Å²) in [4.78, 5) is 40.6. The number of piperazine rings is 1. The Balaban J connectivity index is 1.26. The Morgan fingerprint density at radius 3 is 2.27 bits per heavy atom. The number of ether oxygens (including phenoxy) is 1. The predicted octanol–water partition coefficient (Wildman–Crippen LogP) is 3.56. The van der Waals surface area contributed by atoms with E-state index in [9.17, 15) is 25.0 Å². The summed E-state index contributed by atoms with van der Waals surface area (Å²) in [6.07, 6.45) is 0. The second-order valence-corrected chi connectivity index (χ2v) is 8.78. The summed E-state index contributed by atoms with van der Waals surface area (Å²) in [6.45, 7) is 4.26. The number of rotatable bonds is 6. The summed E-state index contributed by atoms with van der Waals surface area (Å²) in [5.74, 6) is 0.293. The van der Waals surface area contributed by atoms with Crippen molar-refractivity contribution in [2.75, 3.05) is 62.3 Å². The van der Waals surface area contributed by atoms with Gasteiger partial charge in [0.15, 0.2) is 5.76 Å². The molecular weight excluding hydrogens is 482 g/mol. The van der Waals surface area contributed by atoms with Gasteiger partial charge in [0.25, 0.3) is 17.3 Å². The van der Waals surface area contributed by atoms with Crippen LogP contribution in [0.4, 0.5) is 22.7 Å². The molecule has 0 N–H and O–H groups in total. The van der Waals surface area contributed by atoms with E-state index < -0.39 is 4.92 Å². The van der Waals surface area contributed by atoms with Gasteiger partial charge in [-0.1, -0.05) is 12.1 Å². The van der Waals surface area contributed by atoms with Crippen molar-refractivity contribution in [3.63, 3.8) is 0 Å². The van der Waals surface area contributed by atoms with Gasteiger partial charge in [0.1, 0.15) is 11.4 Å². The number of benzene rings is 2. The second-order valence-electron chi connectivity index (χ2n) is 8.78. The number of amides is 1. The highest BCUT2D eigenvalue weighted by molar-refractivity contribution is 5.92. The zero-order chi connectivity index (χ0) is 25.9. The van der Waals surface area contributed by atoms with Crippen LogP contribution in [-0.4, -0.2) is 73.1 Å². The molecule has 2 saturated heterocycles.